The number of ether oxygens (including phenoxy) is 1. The Kier molecular flexibility index (Phi) is 5.26. The van der Waals surface area contributed by atoms with E-state index < -0.39 is 0 Å². The van der Waals surface area contributed by atoms with Crippen LogP contribution in [0.25, 0.3) is 32.9 Å². The van der Waals surface area contributed by atoms with Crippen LogP contribution in [-0.4, -0.2) is 17.5 Å². The lowest BCUT2D eigenvalue weighted by Gasteiger charge is -2.12. The van der Waals surface area contributed by atoms with Gasteiger partial charge in [-0.2, -0.15) is 0 Å². The lowest BCUT2D eigenvalue weighted by atomic mass is 10.0. The van der Waals surface area contributed by atoms with Crippen molar-refractivity contribution in [2.45, 2.75) is 6.92 Å². The van der Waals surface area contributed by atoms with E-state index in [1.54, 1.807) is 0 Å². The predicted octanol–water partition coefficient (Wildman–Crippen LogP) is 6.71. The number of nitrogens with zero attached hydrogens (tertiary/aromatic N) is 1. The number of nitrogens with one attached hydrogen (secondary N) is 1. The number of aromatic nitrogens is 1. The summed E-state index contributed by atoms with van der Waals surface area (Å²) in [5, 5.41) is 6.10. The fraction of sp³-hybridized carbons (Fsp3) is 0.0714. The topological polar surface area (TPSA) is 51.2 Å². The molecule has 0 aliphatic rings. The lowest BCUT2D eigenvalue weighted by molar-refractivity contribution is 0.102. The Morgan fingerprint density at radius 2 is 1.59 bits per heavy atom. The van der Waals surface area contributed by atoms with E-state index >= 15 is 0 Å². The molecular formula is C28H22N2O2. The van der Waals surface area contributed by atoms with Crippen LogP contribution in [0, 0.1) is 0 Å². The molecule has 4 heteroatoms. The molecule has 0 atom stereocenters. The van der Waals surface area contributed by atoms with Gasteiger partial charge in [-0.1, -0.05) is 48.5 Å². The molecule has 4 nitrogen and oxygen atoms in total. The molecule has 156 valence electrons. The molecule has 0 bridgehead atoms. The maximum atomic E-state index is 13.3. The van der Waals surface area contributed by atoms with E-state index in [0.717, 1.165) is 44.4 Å². The van der Waals surface area contributed by atoms with Gasteiger partial charge in [0.05, 0.1) is 23.4 Å². The molecule has 0 saturated heterocycles. The molecule has 0 spiro atoms. The summed E-state index contributed by atoms with van der Waals surface area (Å²) >= 11 is 0. The van der Waals surface area contributed by atoms with Crippen LogP contribution in [0.4, 0.5) is 5.69 Å². The minimum atomic E-state index is -0.161. The third-order valence-corrected chi connectivity index (χ3v) is 5.43. The number of pyridine rings is 1. The molecule has 0 aliphatic heterocycles. The number of fused-ring (bicyclic) bond motifs is 2. The van der Waals surface area contributed by atoms with Crippen LogP contribution in [0.1, 0.15) is 17.3 Å². The van der Waals surface area contributed by atoms with Gasteiger partial charge in [0.25, 0.3) is 5.91 Å². The van der Waals surface area contributed by atoms with Crippen LogP contribution in [0.15, 0.2) is 97.1 Å². The molecular weight excluding hydrogens is 396 g/mol. The van der Waals surface area contributed by atoms with Crippen molar-refractivity contribution in [3.05, 3.63) is 103 Å². The van der Waals surface area contributed by atoms with E-state index in [1.807, 2.05) is 97.9 Å². The van der Waals surface area contributed by atoms with Crippen molar-refractivity contribution in [1.82, 2.24) is 4.98 Å². The molecule has 0 fully saturated rings. The first-order chi connectivity index (χ1) is 15.7. The Bertz CT molecular complexity index is 1430. The van der Waals surface area contributed by atoms with Gasteiger partial charge < -0.3 is 10.1 Å². The van der Waals surface area contributed by atoms with Gasteiger partial charge in [-0.3, -0.25) is 4.79 Å². The quantitative estimate of drug-likeness (QED) is 0.345. The highest BCUT2D eigenvalue weighted by Gasteiger charge is 2.14. The van der Waals surface area contributed by atoms with Gasteiger partial charge in [0.15, 0.2) is 0 Å². The Hall–Kier alpha value is -4.18. The number of carbonyl (C=O) groups excluding carboxylic acids is 1. The first-order valence-electron chi connectivity index (χ1n) is 10.6. The summed E-state index contributed by atoms with van der Waals surface area (Å²) in [7, 11) is 0. The summed E-state index contributed by atoms with van der Waals surface area (Å²) in [5.74, 6) is 0.650. The summed E-state index contributed by atoms with van der Waals surface area (Å²) < 4.78 is 5.54. The average Bonchev–Trinajstić information content (AvgIpc) is 2.84. The smallest absolute Gasteiger partial charge is 0.256 e. The van der Waals surface area contributed by atoms with E-state index in [1.165, 1.54) is 0 Å². The number of carbonyl (C=O) groups is 1. The zero-order valence-electron chi connectivity index (χ0n) is 17.7. The zero-order chi connectivity index (χ0) is 21.9. The highest BCUT2D eigenvalue weighted by molar-refractivity contribution is 6.13. The summed E-state index contributed by atoms with van der Waals surface area (Å²) in [6, 6.07) is 31.4. The summed E-state index contributed by atoms with van der Waals surface area (Å²) in [6.07, 6.45) is 0. The standard InChI is InChI=1S/C28H22N2O2/c1-2-32-23-15-12-20(13-16-23)27-18-25(24-9-5-6-10-26(24)30-27)28(31)29-22-14-11-19-7-3-4-8-21(19)17-22/h3-18H,2H2,1H3,(H,29,31). The minimum absolute atomic E-state index is 0.161. The molecule has 32 heavy (non-hydrogen) atoms. The second-order valence-electron chi connectivity index (χ2n) is 7.55. The van der Waals surface area contributed by atoms with Crippen molar-refractivity contribution in [2.24, 2.45) is 0 Å². The van der Waals surface area contributed by atoms with Gasteiger partial charge in [-0.15, -0.1) is 0 Å². The second-order valence-corrected chi connectivity index (χ2v) is 7.55. The Morgan fingerprint density at radius 3 is 2.41 bits per heavy atom. The van der Waals surface area contributed by atoms with Crippen LogP contribution in [0.5, 0.6) is 5.75 Å². The van der Waals surface area contributed by atoms with Gasteiger partial charge >= 0.3 is 0 Å². The number of amides is 1. The molecule has 1 N–H and O–H groups in total. The van der Waals surface area contributed by atoms with Crippen LogP contribution < -0.4 is 10.1 Å². The van der Waals surface area contributed by atoms with Gasteiger partial charge in [0.1, 0.15) is 5.75 Å². The first kappa shape index (κ1) is 19.8. The van der Waals surface area contributed by atoms with E-state index in [0.29, 0.717) is 12.2 Å². The molecule has 0 radical (unpaired) electrons. The van der Waals surface area contributed by atoms with Crippen LogP contribution >= 0.6 is 0 Å². The molecule has 0 saturated carbocycles. The monoisotopic (exact) mass is 418 g/mol. The summed E-state index contributed by atoms with van der Waals surface area (Å²) in [5.41, 5.74) is 3.81. The maximum Gasteiger partial charge on any atom is 0.256 e. The number of hydrogen-bond donors (Lipinski definition) is 1. The van der Waals surface area contributed by atoms with Gasteiger partial charge in [0.2, 0.25) is 0 Å². The molecule has 1 aromatic heterocycles. The number of benzene rings is 4. The Balaban J connectivity index is 1.53. The number of anilines is 1. The van der Waals surface area contributed by atoms with Crippen molar-refractivity contribution in [3.63, 3.8) is 0 Å². The van der Waals surface area contributed by atoms with Crippen LogP contribution in [0.3, 0.4) is 0 Å². The van der Waals surface area contributed by atoms with Gasteiger partial charge in [-0.25, -0.2) is 4.98 Å². The molecule has 0 aliphatic carbocycles. The summed E-state index contributed by atoms with van der Waals surface area (Å²) in [6.45, 7) is 2.58. The van der Waals surface area contributed by atoms with E-state index in [4.69, 9.17) is 9.72 Å². The predicted molar refractivity (Wildman–Crippen MR) is 130 cm³/mol. The van der Waals surface area contributed by atoms with Crippen LogP contribution in [-0.2, 0) is 0 Å². The molecule has 1 heterocycles. The maximum absolute atomic E-state index is 13.3. The molecule has 1 amide bonds. The van der Waals surface area contributed by atoms with Crippen molar-refractivity contribution in [1.29, 1.82) is 0 Å². The van der Waals surface area contributed by atoms with Crippen molar-refractivity contribution >= 4 is 33.3 Å². The SMILES string of the molecule is CCOc1ccc(-c2cc(C(=O)Nc3ccc4ccccc4c3)c3ccccc3n2)cc1. The van der Waals surface area contributed by atoms with E-state index in [2.05, 4.69) is 11.4 Å². The van der Waals surface area contributed by atoms with Crippen molar-refractivity contribution < 1.29 is 9.53 Å². The number of para-hydroxylation sites is 1. The Labute approximate surface area is 186 Å². The normalized spacial score (nSPS) is 10.9. The largest absolute Gasteiger partial charge is 0.494 e. The molecule has 5 aromatic rings. The highest BCUT2D eigenvalue weighted by Crippen LogP contribution is 2.27. The second kappa shape index (κ2) is 8.52. The van der Waals surface area contributed by atoms with Crippen LogP contribution in [0.2, 0.25) is 0 Å². The fourth-order valence-corrected chi connectivity index (χ4v) is 3.87. The minimum Gasteiger partial charge on any atom is -0.494 e. The highest BCUT2D eigenvalue weighted by atomic mass is 16.5. The molecule has 0 unspecified atom stereocenters. The van der Waals surface area contributed by atoms with Gasteiger partial charge in [0, 0.05) is 16.6 Å². The van der Waals surface area contributed by atoms with Crippen molar-refractivity contribution in [2.75, 3.05) is 11.9 Å². The van der Waals surface area contributed by atoms with E-state index in [-0.39, 0.29) is 5.91 Å². The van der Waals surface area contributed by atoms with Crippen molar-refractivity contribution in [3.8, 4) is 17.0 Å². The number of rotatable bonds is 5. The third-order valence-electron chi connectivity index (χ3n) is 5.43. The average molecular weight is 418 g/mol. The fourth-order valence-electron chi connectivity index (χ4n) is 3.87. The van der Waals surface area contributed by atoms with E-state index in [9.17, 15) is 4.79 Å². The molecule has 4 aromatic carbocycles. The molecule has 5 rings (SSSR count). The third kappa shape index (κ3) is 3.91. The zero-order valence-corrected chi connectivity index (χ0v) is 17.7. The lowest BCUT2D eigenvalue weighted by Crippen LogP contribution is -2.13. The Morgan fingerprint density at radius 1 is 0.844 bits per heavy atom. The number of hydrogen-bond acceptors (Lipinski definition) is 3. The first-order valence-corrected chi connectivity index (χ1v) is 10.6. The van der Waals surface area contributed by atoms with Gasteiger partial charge in [-0.05, 0) is 66.2 Å². The summed E-state index contributed by atoms with van der Waals surface area (Å²) in [4.78, 5) is 18.1.